The largest absolute Gasteiger partial charge is 0.477 e. The van der Waals surface area contributed by atoms with Gasteiger partial charge in [0.1, 0.15) is 11.9 Å². The van der Waals surface area contributed by atoms with E-state index in [0.29, 0.717) is 37.6 Å². The molecule has 8 nitrogen and oxygen atoms in total. The number of alkyl halides is 3. The zero-order valence-corrected chi connectivity index (χ0v) is 22.6. The van der Waals surface area contributed by atoms with Crippen LogP contribution in [0.1, 0.15) is 48.9 Å². The number of primary amides is 1. The highest BCUT2D eigenvalue weighted by Crippen LogP contribution is 2.53. The number of carbonyl (C=O) groups excluding carboxylic acids is 2. The number of aromatic nitrogens is 1. The minimum absolute atomic E-state index is 0.0341. The van der Waals surface area contributed by atoms with Crippen LogP contribution in [0.4, 0.5) is 17.6 Å². The van der Waals surface area contributed by atoms with Crippen molar-refractivity contribution in [2.24, 2.45) is 17.1 Å². The van der Waals surface area contributed by atoms with Gasteiger partial charge in [-0.15, -0.1) is 0 Å². The van der Waals surface area contributed by atoms with E-state index in [2.05, 4.69) is 4.98 Å². The summed E-state index contributed by atoms with van der Waals surface area (Å²) in [5, 5.41) is 9.97. The molecule has 41 heavy (non-hydrogen) atoms. The van der Waals surface area contributed by atoms with Crippen molar-refractivity contribution in [3.8, 4) is 17.0 Å². The summed E-state index contributed by atoms with van der Waals surface area (Å²) in [5.41, 5.74) is 4.52. The minimum Gasteiger partial charge on any atom is -0.477 e. The number of aliphatic hydroxyl groups is 1. The molecule has 0 bridgehead atoms. The monoisotopic (exact) mass is 578 g/mol. The average molecular weight is 579 g/mol. The number of hydrogen-bond donors (Lipinski definition) is 2. The molecule has 12 heteroatoms. The van der Waals surface area contributed by atoms with E-state index in [1.807, 2.05) is 4.90 Å². The first-order valence-corrected chi connectivity index (χ1v) is 13.9. The third kappa shape index (κ3) is 6.04. The first-order chi connectivity index (χ1) is 19.5. The topological polar surface area (TPSA) is 109 Å². The van der Waals surface area contributed by atoms with Crippen LogP contribution in [-0.4, -0.2) is 82.8 Å². The lowest BCUT2D eigenvalue weighted by Crippen LogP contribution is -2.53. The van der Waals surface area contributed by atoms with Crippen molar-refractivity contribution in [2.75, 3.05) is 32.8 Å². The lowest BCUT2D eigenvalue weighted by molar-refractivity contribution is -0.256. The fourth-order valence-corrected chi connectivity index (χ4v) is 6.10. The Hall–Kier alpha value is -3.25. The van der Waals surface area contributed by atoms with Crippen molar-refractivity contribution in [1.29, 1.82) is 0 Å². The van der Waals surface area contributed by atoms with E-state index in [9.17, 15) is 32.3 Å². The zero-order valence-electron chi connectivity index (χ0n) is 22.6. The fourth-order valence-electron chi connectivity index (χ4n) is 6.10. The van der Waals surface area contributed by atoms with Crippen LogP contribution in [0.5, 0.6) is 5.88 Å². The van der Waals surface area contributed by atoms with Gasteiger partial charge in [-0.05, 0) is 69.3 Å². The average Bonchev–Trinajstić information content (AvgIpc) is 3.31. The van der Waals surface area contributed by atoms with Gasteiger partial charge in [-0.25, -0.2) is 9.37 Å². The summed E-state index contributed by atoms with van der Waals surface area (Å²) in [5.74, 6) is -1.49. The molecule has 3 aliphatic rings. The number of hydrogen-bond acceptors (Lipinski definition) is 6. The van der Waals surface area contributed by atoms with Gasteiger partial charge in [-0.1, -0.05) is 12.5 Å². The third-order valence-electron chi connectivity index (χ3n) is 8.79. The second-order valence-electron chi connectivity index (χ2n) is 11.4. The van der Waals surface area contributed by atoms with Crippen LogP contribution in [-0.2, 0) is 4.79 Å². The third-order valence-corrected chi connectivity index (χ3v) is 8.79. The molecular formula is C29H34F4N4O4. The Morgan fingerprint density at radius 2 is 1.83 bits per heavy atom. The van der Waals surface area contributed by atoms with E-state index in [1.165, 1.54) is 18.3 Å². The summed E-state index contributed by atoms with van der Waals surface area (Å²) in [6.45, 7) is 1.83. The maximum atomic E-state index is 15.0. The Morgan fingerprint density at radius 1 is 1.10 bits per heavy atom. The van der Waals surface area contributed by atoms with Crippen LogP contribution < -0.4 is 10.5 Å². The van der Waals surface area contributed by atoms with Crippen LogP contribution in [0.15, 0.2) is 36.5 Å². The van der Waals surface area contributed by atoms with Crippen molar-refractivity contribution < 1.29 is 37.0 Å². The van der Waals surface area contributed by atoms with Gasteiger partial charge < -0.3 is 25.4 Å². The van der Waals surface area contributed by atoms with Crippen molar-refractivity contribution in [3.05, 3.63) is 47.9 Å². The van der Waals surface area contributed by atoms with E-state index in [1.54, 1.807) is 12.1 Å². The smallest absolute Gasteiger partial charge is 0.395 e. The number of ether oxygens (including phenoxy) is 1. The number of likely N-dealkylation sites (tertiary alicyclic amines) is 2. The SMILES string of the molecule is NC(=O)C1C(O)CCN1C(=O)c1ccc(-c2ccc(OCC3CCN(CC4(C(F)(F)F)CCC4)CC3)nc2)c(F)c1. The Labute approximate surface area is 235 Å². The number of halogens is 4. The Morgan fingerprint density at radius 3 is 2.39 bits per heavy atom. The normalized spacial score (nSPS) is 23.3. The van der Waals surface area contributed by atoms with E-state index < -0.39 is 41.4 Å². The number of nitrogens with zero attached hydrogens (tertiary/aromatic N) is 3. The first-order valence-electron chi connectivity index (χ1n) is 13.9. The van der Waals surface area contributed by atoms with Gasteiger partial charge in [0.05, 0.1) is 18.1 Å². The second-order valence-corrected chi connectivity index (χ2v) is 11.4. The number of piperidine rings is 1. The highest BCUT2D eigenvalue weighted by atomic mass is 19.4. The van der Waals surface area contributed by atoms with Gasteiger partial charge >= 0.3 is 6.18 Å². The number of nitrogens with two attached hydrogens (primary N) is 1. The standard InChI is InChI=1S/C29H34F4N4O4/c30-22-14-19(27(40)37-13-8-23(38)25(37)26(34)39)2-4-21(22)20-3-5-24(35-15-20)41-16-18-6-11-36(12-7-18)17-28(9-1-10-28)29(31,32)33/h2-5,14-15,18,23,25,38H,1,6-13,16-17H2,(H2,34,39). The molecule has 1 aliphatic carbocycles. The molecule has 1 aromatic heterocycles. The number of benzene rings is 1. The highest BCUT2D eigenvalue weighted by Gasteiger charge is 2.58. The van der Waals surface area contributed by atoms with Crippen LogP contribution in [0.25, 0.3) is 11.1 Å². The summed E-state index contributed by atoms with van der Waals surface area (Å²) in [6, 6.07) is 6.10. The van der Waals surface area contributed by atoms with Gasteiger partial charge in [0, 0.05) is 42.0 Å². The van der Waals surface area contributed by atoms with E-state index in [-0.39, 0.29) is 49.4 Å². The second kappa shape index (κ2) is 11.6. The molecular weight excluding hydrogens is 544 g/mol. The van der Waals surface area contributed by atoms with Crippen LogP contribution >= 0.6 is 0 Å². The molecule has 1 saturated carbocycles. The minimum atomic E-state index is -4.15. The molecule has 222 valence electrons. The van der Waals surface area contributed by atoms with Crippen LogP contribution in [0.2, 0.25) is 0 Å². The number of rotatable bonds is 8. The van der Waals surface area contributed by atoms with E-state index in [0.717, 1.165) is 23.8 Å². The molecule has 0 radical (unpaired) electrons. The van der Waals surface area contributed by atoms with E-state index in [4.69, 9.17) is 10.5 Å². The molecule has 0 spiro atoms. The molecule has 3 heterocycles. The van der Waals surface area contributed by atoms with Gasteiger partial charge in [-0.2, -0.15) is 13.2 Å². The van der Waals surface area contributed by atoms with Crippen molar-refractivity contribution in [2.45, 2.75) is 56.8 Å². The fraction of sp³-hybridized carbons (Fsp3) is 0.552. The molecule has 2 aromatic rings. The van der Waals surface area contributed by atoms with Crippen molar-refractivity contribution in [3.63, 3.8) is 0 Å². The molecule has 2 atom stereocenters. The highest BCUT2D eigenvalue weighted by molar-refractivity contribution is 5.98. The van der Waals surface area contributed by atoms with Gasteiger partial charge in [0.2, 0.25) is 11.8 Å². The molecule has 3 fully saturated rings. The number of aliphatic hydroxyl groups excluding tert-OH is 1. The quantitative estimate of drug-likeness (QED) is 0.462. The number of pyridine rings is 1. The number of amides is 2. The van der Waals surface area contributed by atoms with Crippen LogP contribution in [0.3, 0.4) is 0 Å². The Kier molecular flexibility index (Phi) is 8.24. The Balaban J connectivity index is 1.13. The predicted molar refractivity (Wildman–Crippen MR) is 141 cm³/mol. The first kappa shape index (κ1) is 29.2. The lowest BCUT2D eigenvalue weighted by atomic mass is 9.67. The maximum Gasteiger partial charge on any atom is 0.395 e. The summed E-state index contributed by atoms with van der Waals surface area (Å²) in [6.07, 6.45) is -0.964. The lowest BCUT2D eigenvalue weighted by Gasteiger charge is -2.47. The maximum absolute atomic E-state index is 15.0. The molecule has 2 amide bonds. The van der Waals surface area contributed by atoms with E-state index >= 15 is 0 Å². The van der Waals surface area contributed by atoms with Gasteiger partial charge in [0.25, 0.3) is 5.91 Å². The Bertz CT molecular complexity index is 1260. The summed E-state index contributed by atoms with van der Waals surface area (Å²) >= 11 is 0. The van der Waals surface area contributed by atoms with Gasteiger partial charge in [0.15, 0.2) is 0 Å². The summed E-state index contributed by atoms with van der Waals surface area (Å²) in [4.78, 5) is 31.9. The molecule has 3 N–H and O–H groups in total. The summed E-state index contributed by atoms with van der Waals surface area (Å²) < 4.78 is 61.3. The summed E-state index contributed by atoms with van der Waals surface area (Å²) in [7, 11) is 0. The molecule has 2 saturated heterocycles. The predicted octanol–water partition coefficient (Wildman–Crippen LogP) is 3.77. The van der Waals surface area contributed by atoms with Crippen LogP contribution in [0, 0.1) is 17.2 Å². The molecule has 5 rings (SSSR count). The zero-order chi connectivity index (χ0) is 29.4. The molecule has 1 aromatic carbocycles. The van der Waals surface area contributed by atoms with Crippen molar-refractivity contribution >= 4 is 11.8 Å². The number of carbonyl (C=O) groups is 2. The molecule has 2 unspecified atom stereocenters. The van der Waals surface area contributed by atoms with Crippen molar-refractivity contribution in [1.82, 2.24) is 14.8 Å². The molecule has 2 aliphatic heterocycles. The van der Waals surface area contributed by atoms with Gasteiger partial charge in [-0.3, -0.25) is 9.59 Å².